The lowest BCUT2D eigenvalue weighted by Gasteiger charge is -2.22. The van der Waals surface area contributed by atoms with Gasteiger partial charge in [0.05, 0.1) is 22.6 Å². The molecule has 0 bridgehead atoms. The molecule has 4 heterocycles. The summed E-state index contributed by atoms with van der Waals surface area (Å²) in [5.41, 5.74) is 1.35. The lowest BCUT2D eigenvalue weighted by Crippen LogP contribution is -2.35. The van der Waals surface area contributed by atoms with E-state index in [2.05, 4.69) is 35.2 Å². The molecule has 11 nitrogen and oxygen atoms in total. The Bertz CT molecular complexity index is 1790. The van der Waals surface area contributed by atoms with E-state index in [0.29, 0.717) is 21.4 Å². The van der Waals surface area contributed by atoms with Crippen molar-refractivity contribution in [3.63, 3.8) is 0 Å². The van der Waals surface area contributed by atoms with Crippen molar-refractivity contribution in [1.82, 2.24) is 34.5 Å². The number of aryl methyl sites for hydroxylation is 2. The summed E-state index contributed by atoms with van der Waals surface area (Å²) >= 11 is 0. The fourth-order valence-electron chi connectivity index (χ4n) is 4.31. The number of anilines is 1. The molecule has 1 aliphatic carbocycles. The van der Waals surface area contributed by atoms with Crippen LogP contribution in [0.4, 0.5) is 19.0 Å². The molecule has 0 aliphatic heterocycles. The van der Waals surface area contributed by atoms with E-state index in [1.165, 1.54) is 24.7 Å². The third-order valence-electron chi connectivity index (χ3n) is 6.67. The van der Waals surface area contributed by atoms with Gasteiger partial charge in [-0.1, -0.05) is 6.07 Å². The van der Waals surface area contributed by atoms with E-state index in [-0.39, 0.29) is 46.0 Å². The Morgan fingerprint density at radius 3 is 2.40 bits per heavy atom. The molecule has 1 aliphatic rings. The third kappa shape index (κ3) is 5.24. The smallest absolute Gasteiger partial charge is 0.361 e. The van der Waals surface area contributed by atoms with E-state index in [4.69, 9.17) is 0 Å². The van der Waals surface area contributed by atoms with Gasteiger partial charge in [-0.25, -0.2) is 38.3 Å². The van der Waals surface area contributed by atoms with Gasteiger partial charge in [-0.15, -0.1) is 0 Å². The van der Waals surface area contributed by atoms with Gasteiger partial charge in [0, 0.05) is 24.9 Å². The molecule has 0 radical (unpaired) electrons. The van der Waals surface area contributed by atoms with Crippen LogP contribution in [0.3, 0.4) is 0 Å². The lowest BCUT2D eigenvalue weighted by molar-refractivity contribution is -0.162. The highest BCUT2D eigenvalue weighted by atomic mass is 32.2. The van der Waals surface area contributed by atoms with E-state index in [1.807, 2.05) is 0 Å². The molecule has 0 amide bonds. The van der Waals surface area contributed by atoms with Crippen LogP contribution in [0.15, 0.2) is 34.5 Å². The normalized spacial score (nSPS) is 14.9. The van der Waals surface area contributed by atoms with Crippen LogP contribution in [0.1, 0.15) is 54.4 Å². The second kappa shape index (κ2) is 9.87. The summed E-state index contributed by atoms with van der Waals surface area (Å²) in [6, 6.07) is 0.561. The number of nitrogens with zero attached hydrogens (tertiary/aromatic N) is 7. The van der Waals surface area contributed by atoms with Crippen LogP contribution in [-0.4, -0.2) is 55.3 Å². The minimum atomic E-state index is -4.76. The number of pyridine rings is 1. The van der Waals surface area contributed by atoms with Crippen molar-refractivity contribution in [2.24, 2.45) is 0 Å². The largest absolute Gasteiger partial charge is 0.409 e. The number of halogens is 3. The topological polar surface area (TPSA) is 146 Å². The maximum absolute atomic E-state index is 14.0. The number of alkyl halides is 3. The first-order valence-corrected chi connectivity index (χ1v) is 14.2. The second-order valence-electron chi connectivity index (χ2n) is 9.78. The van der Waals surface area contributed by atoms with E-state index in [9.17, 15) is 26.4 Å². The van der Waals surface area contributed by atoms with Crippen LogP contribution < -0.4 is 10.9 Å². The second-order valence-corrected chi connectivity index (χ2v) is 11.7. The van der Waals surface area contributed by atoms with Crippen LogP contribution in [-0.2, 0) is 16.4 Å². The first-order valence-electron chi connectivity index (χ1n) is 12.3. The molecule has 1 saturated carbocycles. The number of nitrogens with one attached hydrogen (secondary N) is 1. The zero-order chi connectivity index (χ0) is 29.0. The highest BCUT2D eigenvalue weighted by molar-refractivity contribution is 7.90. The summed E-state index contributed by atoms with van der Waals surface area (Å²) in [5, 5.41) is 2.63. The third-order valence-corrected chi connectivity index (χ3v) is 7.67. The van der Waals surface area contributed by atoms with Gasteiger partial charge < -0.3 is 5.32 Å². The molecule has 210 valence electrons. The predicted octanol–water partition coefficient (Wildman–Crippen LogP) is 3.67. The summed E-state index contributed by atoms with van der Waals surface area (Å²) in [6.45, 7) is 4.16. The molecule has 4 aromatic rings. The summed E-state index contributed by atoms with van der Waals surface area (Å²) in [5.74, 6) is -0.0153. The van der Waals surface area contributed by atoms with Crippen LogP contribution in [0, 0.1) is 13.8 Å². The molecule has 15 heteroatoms. The van der Waals surface area contributed by atoms with Gasteiger partial charge in [0.25, 0.3) is 5.56 Å². The number of hydrogen-bond donors (Lipinski definition) is 1. The van der Waals surface area contributed by atoms with Crippen molar-refractivity contribution >= 4 is 26.8 Å². The van der Waals surface area contributed by atoms with E-state index in [0.717, 1.165) is 31.7 Å². The molecule has 1 fully saturated rings. The van der Waals surface area contributed by atoms with Crippen LogP contribution in [0.5, 0.6) is 0 Å². The van der Waals surface area contributed by atoms with Gasteiger partial charge in [0.1, 0.15) is 17.9 Å². The molecular weight excluding hydrogens is 549 g/mol. The van der Waals surface area contributed by atoms with E-state index >= 15 is 0 Å². The number of rotatable bonds is 7. The number of aromatic nitrogens is 7. The Kier molecular flexibility index (Phi) is 6.80. The highest BCUT2D eigenvalue weighted by Gasteiger charge is 2.40. The SMILES string of the molecule is Cc1ncnc(C2CC2)c1-c1nc(C)c2nc(NCc3ccc(S(C)(=O)=O)nc3)c(=O)n([C@@H](C)C(F)(F)F)c2n1. The number of sulfone groups is 1. The fourth-order valence-corrected chi connectivity index (χ4v) is 4.87. The quantitative estimate of drug-likeness (QED) is 0.347. The maximum atomic E-state index is 14.0. The zero-order valence-electron chi connectivity index (χ0n) is 22.0. The van der Waals surface area contributed by atoms with Gasteiger partial charge in [-0.05, 0) is 45.2 Å². The summed E-state index contributed by atoms with van der Waals surface area (Å²) in [4.78, 5) is 39.2. The molecular formula is C25H25F3N8O3S. The van der Waals surface area contributed by atoms with Crippen molar-refractivity contribution in [1.29, 1.82) is 0 Å². The van der Waals surface area contributed by atoms with Crippen LogP contribution >= 0.6 is 0 Å². The highest BCUT2D eigenvalue weighted by Crippen LogP contribution is 2.43. The van der Waals surface area contributed by atoms with Gasteiger partial charge in [0.15, 0.2) is 32.2 Å². The van der Waals surface area contributed by atoms with Gasteiger partial charge >= 0.3 is 6.18 Å². The van der Waals surface area contributed by atoms with Crippen molar-refractivity contribution in [2.45, 2.75) is 63.3 Å². The molecule has 1 atom stereocenters. The van der Waals surface area contributed by atoms with Gasteiger partial charge in [0.2, 0.25) is 0 Å². The maximum Gasteiger partial charge on any atom is 0.409 e. The molecule has 5 rings (SSSR count). The van der Waals surface area contributed by atoms with E-state index < -0.39 is 27.6 Å². The van der Waals surface area contributed by atoms with Gasteiger partial charge in [-0.2, -0.15) is 13.2 Å². The van der Waals surface area contributed by atoms with Crippen LogP contribution in [0.2, 0.25) is 0 Å². The molecule has 4 aromatic heterocycles. The average molecular weight is 575 g/mol. The Labute approximate surface area is 226 Å². The molecule has 1 N–H and O–H groups in total. The van der Waals surface area contributed by atoms with Crippen molar-refractivity contribution in [3.05, 3.63) is 57.7 Å². The molecule has 0 spiro atoms. The fraction of sp³-hybridized carbons (Fsp3) is 0.400. The van der Waals surface area contributed by atoms with Gasteiger partial charge in [-0.3, -0.25) is 9.36 Å². The van der Waals surface area contributed by atoms with Crippen molar-refractivity contribution < 1.29 is 21.6 Å². The first kappa shape index (κ1) is 27.6. The Hall–Kier alpha value is -4.01. The van der Waals surface area contributed by atoms with Crippen LogP contribution in [0.25, 0.3) is 22.6 Å². The zero-order valence-corrected chi connectivity index (χ0v) is 22.8. The standard InChI is InChI=1S/C25H25F3N8O3S/c1-12-18(20(16-6-7-16)32-11-31-12)21-33-13(2)19-23(35-21)36(14(3)25(26,27)28)24(37)22(34-19)30-10-15-5-8-17(29-9-15)40(4,38)39/h5,8-9,11,14,16H,6-7,10H2,1-4H3,(H,30,34)/t14-/m0/s1. The average Bonchev–Trinajstić information content (AvgIpc) is 3.72. The Morgan fingerprint density at radius 2 is 1.80 bits per heavy atom. The van der Waals surface area contributed by atoms with E-state index in [1.54, 1.807) is 13.8 Å². The number of hydrogen-bond acceptors (Lipinski definition) is 10. The Balaban J connectivity index is 1.64. The minimum Gasteiger partial charge on any atom is -0.361 e. The summed E-state index contributed by atoms with van der Waals surface area (Å²) < 4.78 is 65.9. The lowest BCUT2D eigenvalue weighted by atomic mass is 10.1. The molecule has 40 heavy (non-hydrogen) atoms. The predicted molar refractivity (Wildman–Crippen MR) is 140 cm³/mol. The molecule has 0 aromatic carbocycles. The monoisotopic (exact) mass is 574 g/mol. The number of fused-ring (bicyclic) bond motifs is 1. The Morgan fingerprint density at radius 1 is 1.07 bits per heavy atom. The summed E-state index contributed by atoms with van der Waals surface area (Å²) in [6.07, 6.45) is 0.843. The van der Waals surface area contributed by atoms with Crippen molar-refractivity contribution in [2.75, 3.05) is 11.6 Å². The first-order chi connectivity index (χ1) is 18.8. The summed E-state index contributed by atoms with van der Waals surface area (Å²) in [7, 11) is -3.51. The minimum absolute atomic E-state index is 0.0231. The molecule has 0 saturated heterocycles. The molecule has 0 unspecified atom stereocenters. The van der Waals surface area contributed by atoms with Crippen molar-refractivity contribution in [3.8, 4) is 11.4 Å².